The van der Waals surface area contributed by atoms with Gasteiger partial charge in [0.1, 0.15) is 11.8 Å². The zero-order valence-electron chi connectivity index (χ0n) is 19.5. The van der Waals surface area contributed by atoms with Gasteiger partial charge in [-0.3, -0.25) is 9.59 Å². The fourth-order valence-electron chi connectivity index (χ4n) is 4.99. The summed E-state index contributed by atoms with van der Waals surface area (Å²) in [4.78, 5) is 27.8. The first-order chi connectivity index (χ1) is 15.0. The molecule has 1 saturated carbocycles. The molecule has 1 aromatic rings. The van der Waals surface area contributed by atoms with Crippen molar-refractivity contribution in [2.75, 3.05) is 20.2 Å². The lowest BCUT2D eigenvalue weighted by Crippen LogP contribution is -2.60. The molecule has 1 aliphatic carbocycles. The number of nitrogens with zero attached hydrogens (tertiary/aromatic N) is 1. The zero-order chi connectivity index (χ0) is 23.7. The van der Waals surface area contributed by atoms with Gasteiger partial charge < -0.3 is 20.1 Å². The van der Waals surface area contributed by atoms with Crippen molar-refractivity contribution in [2.24, 2.45) is 11.3 Å². The summed E-state index contributed by atoms with van der Waals surface area (Å²) in [5.41, 5.74) is -0.480. The maximum absolute atomic E-state index is 13.4. The molecule has 6 nitrogen and oxygen atoms in total. The molecule has 0 radical (unpaired) electrons. The number of carbonyl (C=O) groups is 2. The first-order valence-electron chi connectivity index (χ1n) is 11.3. The van der Waals surface area contributed by atoms with Gasteiger partial charge in [0.2, 0.25) is 11.8 Å². The topological polar surface area (TPSA) is 78.9 Å². The average Bonchev–Trinajstić information content (AvgIpc) is 3.28. The van der Waals surface area contributed by atoms with Gasteiger partial charge in [0, 0.05) is 24.4 Å². The molecule has 1 aromatic carbocycles. The Bertz CT molecular complexity index is 894. The van der Waals surface area contributed by atoms with Gasteiger partial charge in [-0.1, -0.05) is 50.9 Å². The summed E-state index contributed by atoms with van der Waals surface area (Å²) in [6, 6.07) is 4.54. The van der Waals surface area contributed by atoms with Crippen LogP contribution < -0.4 is 10.1 Å². The normalized spacial score (nSPS) is 24.1. The van der Waals surface area contributed by atoms with Crippen LogP contribution >= 0.6 is 11.6 Å². The predicted molar refractivity (Wildman–Crippen MR) is 126 cm³/mol. The smallest absolute Gasteiger partial charge is 0.249 e. The van der Waals surface area contributed by atoms with Gasteiger partial charge in [0.15, 0.2) is 0 Å². The molecule has 32 heavy (non-hydrogen) atoms. The maximum atomic E-state index is 13.4. The summed E-state index contributed by atoms with van der Waals surface area (Å²) < 4.78 is 5.33. The summed E-state index contributed by atoms with van der Waals surface area (Å²) >= 11 is 6.17. The molecule has 0 bridgehead atoms. The first-order valence-corrected chi connectivity index (χ1v) is 11.7. The molecule has 2 amide bonds. The number of aliphatic hydroxyl groups is 1. The van der Waals surface area contributed by atoms with Crippen LogP contribution in [0, 0.1) is 11.3 Å². The highest BCUT2D eigenvalue weighted by Crippen LogP contribution is 2.47. The molecule has 1 saturated heterocycles. The van der Waals surface area contributed by atoms with Crippen LogP contribution in [0.2, 0.25) is 5.02 Å². The van der Waals surface area contributed by atoms with Crippen molar-refractivity contribution in [3.63, 3.8) is 0 Å². The second kappa shape index (κ2) is 9.44. The molecule has 2 atom stereocenters. The van der Waals surface area contributed by atoms with E-state index in [1.54, 1.807) is 31.1 Å². The van der Waals surface area contributed by atoms with Gasteiger partial charge >= 0.3 is 0 Å². The SMILES string of the molecule is C=C(C)[C@@H](NC(=O)C1CCCC1)C(=O)N1CCC(O)(c2ccc(Cl)c(OC)c2)C(C)(C)C1. The first kappa shape index (κ1) is 24.6. The van der Waals surface area contributed by atoms with Gasteiger partial charge in [-0.25, -0.2) is 0 Å². The quantitative estimate of drug-likeness (QED) is 0.625. The van der Waals surface area contributed by atoms with Crippen LogP contribution in [-0.4, -0.2) is 48.1 Å². The summed E-state index contributed by atoms with van der Waals surface area (Å²) in [6.45, 7) is 10.3. The Morgan fingerprint density at radius 2 is 1.97 bits per heavy atom. The van der Waals surface area contributed by atoms with Gasteiger partial charge in [-0.15, -0.1) is 0 Å². The van der Waals surface area contributed by atoms with E-state index in [-0.39, 0.29) is 17.7 Å². The predicted octanol–water partition coefficient (Wildman–Crippen LogP) is 4.05. The Kier molecular flexibility index (Phi) is 7.25. The standard InChI is InChI=1S/C25H35ClN2O4/c1-16(2)21(27-22(29)17-8-6-7-9-17)23(30)28-13-12-25(31,24(3,4)15-28)18-10-11-19(26)20(14-18)32-5/h10-11,14,17,21,31H,1,6-9,12-13,15H2,2-5H3,(H,27,29)/t21-,25?/m1/s1. The van der Waals surface area contributed by atoms with Crippen molar-refractivity contribution in [2.45, 2.75) is 64.5 Å². The second-order valence-electron chi connectivity index (χ2n) is 9.87. The van der Waals surface area contributed by atoms with E-state index in [0.29, 0.717) is 41.4 Å². The number of methoxy groups -OCH3 is 1. The molecule has 1 aliphatic heterocycles. The van der Waals surface area contributed by atoms with Gasteiger partial charge in [-0.05, 0) is 49.5 Å². The molecular formula is C25H35ClN2O4. The third-order valence-corrected chi connectivity index (χ3v) is 7.45. The highest BCUT2D eigenvalue weighted by molar-refractivity contribution is 6.32. The zero-order valence-corrected chi connectivity index (χ0v) is 20.3. The fourth-order valence-corrected chi connectivity index (χ4v) is 5.18. The Morgan fingerprint density at radius 1 is 1.31 bits per heavy atom. The Labute approximate surface area is 196 Å². The Morgan fingerprint density at radius 3 is 2.53 bits per heavy atom. The van der Waals surface area contributed by atoms with Crippen LogP contribution in [0.1, 0.15) is 58.4 Å². The molecule has 1 unspecified atom stereocenters. The van der Waals surface area contributed by atoms with E-state index in [9.17, 15) is 14.7 Å². The number of likely N-dealkylation sites (tertiary alicyclic amines) is 1. The third kappa shape index (κ3) is 4.67. The molecule has 0 spiro atoms. The van der Waals surface area contributed by atoms with E-state index >= 15 is 0 Å². The Hall–Kier alpha value is -2.05. The van der Waals surface area contributed by atoms with Crippen molar-refractivity contribution in [3.8, 4) is 5.75 Å². The van der Waals surface area contributed by atoms with Crippen molar-refractivity contribution in [1.82, 2.24) is 10.2 Å². The largest absolute Gasteiger partial charge is 0.495 e. The van der Waals surface area contributed by atoms with E-state index in [2.05, 4.69) is 11.9 Å². The fraction of sp³-hybridized carbons (Fsp3) is 0.600. The number of hydrogen-bond acceptors (Lipinski definition) is 4. The number of piperidine rings is 1. The molecule has 2 aliphatic rings. The summed E-state index contributed by atoms with van der Waals surface area (Å²) in [7, 11) is 1.54. The van der Waals surface area contributed by atoms with Crippen molar-refractivity contribution in [3.05, 3.63) is 40.9 Å². The number of carbonyl (C=O) groups excluding carboxylic acids is 2. The molecular weight excluding hydrogens is 428 g/mol. The number of amides is 2. The van der Waals surface area contributed by atoms with E-state index in [4.69, 9.17) is 16.3 Å². The highest BCUT2D eigenvalue weighted by Gasteiger charge is 2.50. The summed E-state index contributed by atoms with van der Waals surface area (Å²) in [6.07, 6.45) is 4.21. The van der Waals surface area contributed by atoms with Crippen LogP contribution in [0.25, 0.3) is 0 Å². The van der Waals surface area contributed by atoms with E-state index in [0.717, 1.165) is 25.7 Å². The van der Waals surface area contributed by atoms with E-state index in [1.165, 1.54) is 0 Å². The maximum Gasteiger partial charge on any atom is 0.249 e. The number of rotatable bonds is 6. The molecule has 2 fully saturated rings. The van der Waals surface area contributed by atoms with Crippen LogP contribution in [-0.2, 0) is 15.2 Å². The van der Waals surface area contributed by atoms with E-state index in [1.807, 2.05) is 19.9 Å². The van der Waals surface area contributed by atoms with Crippen LogP contribution in [0.4, 0.5) is 0 Å². The third-order valence-electron chi connectivity index (χ3n) is 7.14. The minimum absolute atomic E-state index is 0.0209. The average molecular weight is 463 g/mol. The van der Waals surface area contributed by atoms with Crippen molar-refractivity contribution < 1.29 is 19.4 Å². The van der Waals surface area contributed by atoms with Crippen LogP contribution in [0.3, 0.4) is 0 Å². The number of hydrogen-bond donors (Lipinski definition) is 2. The minimum Gasteiger partial charge on any atom is -0.495 e. The molecule has 1 heterocycles. The lowest BCUT2D eigenvalue weighted by atomic mass is 9.66. The van der Waals surface area contributed by atoms with Crippen molar-refractivity contribution in [1.29, 1.82) is 0 Å². The lowest BCUT2D eigenvalue weighted by Gasteiger charge is -2.51. The molecule has 7 heteroatoms. The molecule has 2 N–H and O–H groups in total. The van der Waals surface area contributed by atoms with Crippen molar-refractivity contribution >= 4 is 23.4 Å². The summed E-state index contributed by atoms with van der Waals surface area (Å²) in [5.74, 6) is 0.244. The number of benzene rings is 1. The van der Waals surface area contributed by atoms with Gasteiger partial charge in [-0.2, -0.15) is 0 Å². The monoisotopic (exact) mass is 462 g/mol. The van der Waals surface area contributed by atoms with Crippen LogP contribution in [0.5, 0.6) is 5.75 Å². The van der Waals surface area contributed by atoms with Gasteiger partial charge in [0.05, 0.1) is 17.7 Å². The summed E-state index contributed by atoms with van der Waals surface area (Å²) in [5, 5.41) is 15.1. The lowest BCUT2D eigenvalue weighted by molar-refractivity contribution is -0.155. The highest BCUT2D eigenvalue weighted by atomic mass is 35.5. The van der Waals surface area contributed by atoms with Gasteiger partial charge in [0.25, 0.3) is 0 Å². The van der Waals surface area contributed by atoms with Crippen LogP contribution in [0.15, 0.2) is 30.4 Å². The molecule has 176 valence electrons. The number of nitrogens with one attached hydrogen (secondary N) is 1. The van der Waals surface area contributed by atoms with E-state index < -0.39 is 17.1 Å². The Balaban J connectivity index is 1.77. The second-order valence-corrected chi connectivity index (χ2v) is 10.3. The minimum atomic E-state index is -1.16. The number of halogens is 1. The molecule has 3 rings (SSSR count). The number of ether oxygens (including phenoxy) is 1. The molecule has 0 aromatic heterocycles.